The molecule has 0 fully saturated rings. The first-order valence-corrected chi connectivity index (χ1v) is 8.16. The summed E-state index contributed by atoms with van der Waals surface area (Å²) in [6, 6.07) is 5.57. The van der Waals surface area contributed by atoms with Crippen LogP contribution in [0.25, 0.3) is 5.78 Å². The minimum Gasteiger partial charge on any atom is -0.272 e. The van der Waals surface area contributed by atoms with Crippen LogP contribution in [0.2, 0.25) is 0 Å². The zero-order valence-electron chi connectivity index (χ0n) is 13.2. The van der Waals surface area contributed by atoms with E-state index in [4.69, 9.17) is 0 Å². The highest BCUT2D eigenvalue weighted by Crippen LogP contribution is 2.14. The van der Waals surface area contributed by atoms with Gasteiger partial charge >= 0.3 is 0 Å². The van der Waals surface area contributed by atoms with Gasteiger partial charge in [-0.1, -0.05) is 17.8 Å². The van der Waals surface area contributed by atoms with Crippen molar-refractivity contribution in [2.75, 3.05) is 5.75 Å². The minimum atomic E-state index is -0.236. The molecule has 0 aromatic carbocycles. The topological polar surface area (TPSA) is 97.4 Å². The Balaban J connectivity index is 1.56. The normalized spacial score (nSPS) is 11.2. The van der Waals surface area contributed by atoms with Gasteiger partial charge in [-0.15, -0.1) is 5.10 Å². The van der Waals surface area contributed by atoms with Gasteiger partial charge in [0.1, 0.15) is 0 Å². The largest absolute Gasteiger partial charge is 0.272 e. The lowest BCUT2D eigenvalue weighted by atomic mass is 10.3. The molecule has 0 aliphatic heterocycles. The van der Waals surface area contributed by atoms with Crippen LogP contribution in [0, 0.1) is 13.8 Å². The Hall–Kier alpha value is -2.81. The highest BCUT2D eigenvalue weighted by molar-refractivity contribution is 7.99. The number of carbonyl (C=O) groups is 1. The molecule has 3 aromatic rings. The second-order valence-electron chi connectivity index (χ2n) is 5.01. The first-order valence-electron chi connectivity index (χ1n) is 7.17. The summed E-state index contributed by atoms with van der Waals surface area (Å²) < 4.78 is 1.66. The predicted octanol–water partition coefficient (Wildman–Crippen LogP) is 1.38. The van der Waals surface area contributed by atoms with Crippen LogP contribution in [0.1, 0.15) is 17.0 Å². The number of rotatable bonds is 5. The monoisotopic (exact) mass is 341 g/mol. The van der Waals surface area contributed by atoms with Crippen LogP contribution >= 0.6 is 11.8 Å². The van der Waals surface area contributed by atoms with Gasteiger partial charge < -0.3 is 0 Å². The summed E-state index contributed by atoms with van der Waals surface area (Å²) in [4.78, 5) is 24.4. The number of amides is 1. The molecule has 3 rings (SSSR count). The molecule has 0 unspecified atom stereocenters. The maximum absolute atomic E-state index is 11.8. The van der Waals surface area contributed by atoms with Crippen molar-refractivity contribution < 1.29 is 4.79 Å². The first-order chi connectivity index (χ1) is 11.6. The zero-order valence-corrected chi connectivity index (χ0v) is 14.0. The zero-order chi connectivity index (χ0) is 16.9. The number of hydrogen-bond donors (Lipinski definition) is 1. The van der Waals surface area contributed by atoms with Crippen molar-refractivity contribution in [3.05, 3.63) is 47.5 Å². The van der Waals surface area contributed by atoms with Crippen molar-refractivity contribution in [2.45, 2.75) is 19.0 Å². The van der Waals surface area contributed by atoms with Gasteiger partial charge in [-0.05, 0) is 26.0 Å². The lowest BCUT2D eigenvalue weighted by Gasteiger charge is -1.97. The van der Waals surface area contributed by atoms with E-state index in [1.807, 2.05) is 26.0 Å². The predicted molar refractivity (Wildman–Crippen MR) is 91.0 cm³/mol. The van der Waals surface area contributed by atoms with Crippen molar-refractivity contribution in [1.82, 2.24) is 30.0 Å². The van der Waals surface area contributed by atoms with E-state index in [9.17, 15) is 4.79 Å². The second-order valence-corrected chi connectivity index (χ2v) is 5.96. The maximum atomic E-state index is 11.8. The van der Waals surface area contributed by atoms with Crippen molar-refractivity contribution >= 4 is 29.7 Å². The summed E-state index contributed by atoms with van der Waals surface area (Å²) in [7, 11) is 0. The van der Waals surface area contributed by atoms with Gasteiger partial charge in [-0.25, -0.2) is 14.9 Å². The van der Waals surface area contributed by atoms with Crippen molar-refractivity contribution in [3.8, 4) is 0 Å². The van der Waals surface area contributed by atoms with Crippen LogP contribution in [-0.4, -0.2) is 42.4 Å². The fourth-order valence-electron chi connectivity index (χ4n) is 2.00. The van der Waals surface area contributed by atoms with Gasteiger partial charge in [0.25, 0.3) is 11.7 Å². The van der Waals surface area contributed by atoms with Crippen LogP contribution in [0.15, 0.2) is 40.9 Å². The third-order valence-corrected chi connectivity index (χ3v) is 3.86. The van der Waals surface area contributed by atoms with Gasteiger partial charge in [0, 0.05) is 29.3 Å². The molecule has 0 aliphatic rings. The molecule has 24 heavy (non-hydrogen) atoms. The molecule has 0 radical (unpaired) electrons. The molecular weight excluding hydrogens is 326 g/mol. The summed E-state index contributed by atoms with van der Waals surface area (Å²) in [5, 5.41) is 8.72. The molecule has 0 bridgehead atoms. The van der Waals surface area contributed by atoms with E-state index >= 15 is 0 Å². The molecule has 0 saturated heterocycles. The number of aromatic nitrogens is 5. The molecule has 0 saturated carbocycles. The molecule has 1 N–H and O–H groups in total. The summed E-state index contributed by atoms with van der Waals surface area (Å²) in [6.45, 7) is 3.84. The number of carbonyl (C=O) groups excluding carboxylic acids is 1. The molecule has 3 aromatic heterocycles. The third kappa shape index (κ3) is 3.93. The molecule has 0 aliphatic carbocycles. The van der Waals surface area contributed by atoms with Crippen LogP contribution in [0.5, 0.6) is 0 Å². The Bertz CT molecular complexity index is 891. The molecular formula is C15H15N7OS. The van der Waals surface area contributed by atoms with E-state index in [2.05, 4.69) is 30.6 Å². The fourth-order valence-corrected chi connectivity index (χ4v) is 2.61. The molecule has 122 valence electrons. The third-order valence-electron chi connectivity index (χ3n) is 3.02. The molecule has 0 spiro atoms. The van der Waals surface area contributed by atoms with Crippen molar-refractivity contribution in [3.63, 3.8) is 0 Å². The van der Waals surface area contributed by atoms with E-state index in [0.29, 0.717) is 10.9 Å². The number of hydrazone groups is 1. The van der Waals surface area contributed by atoms with Gasteiger partial charge in [-0.2, -0.15) is 10.1 Å². The Labute approximate surface area is 142 Å². The van der Waals surface area contributed by atoms with E-state index in [0.717, 1.165) is 17.0 Å². The van der Waals surface area contributed by atoms with Crippen molar-refractivity contribution in [1.29, 1.82) is 0 Å². The van der Waals surface area contributed by atoms with Crippen LogP contribution in [-0.2, 0) is 4.79 Å². The number of thioether (sulfide) groups is 1. The number of pyridine rings is 1. The van der Waals surface area contributed by atoms with Gasteiger partial charge in [-0.3, -0.25) is 9.78 Å². The molecule has 1 amide bonds. The number of nitrogens with zero attached hydrogens (tertiary/aromatic N) is 6. The smallest absolute Gasteiger partial charge is 0.253 e. The molecule has 0 atom stereocenters. The first kappa shape index (κ1) is 16.1. The highest BCUT2D eigenvalue weighted by atomic mass is 32.2. The van der Waals surface area contributed by atoms with E-state index in [1.165, 1.54) is 18.0 Å². The lowest BCUT2D eigenvalue weighted by Crippen LogP contribution is -2.19. The Morgan fingerprint density at radius 3 is 3.08 bits per heavy atom. The van der Waals surface area contributed by atoms with Crippen LogP contribution < -0.4 is 5.43 Å². The van der Waals surface area contributed by atoms with E-state index < -0.39 is 0 Å². The standard InChI is InChI=1S/C15H15N7OS/c1-10-6-11(2)22-14(18-10)19-15(21-22)24-9-13(23)20-17-8-12-4-3-5-16-7-12/h3-8H,9H2,1-2H3,(H,20,23)/b17-8-. The Morgan fingerprint density at radius 2 is 2.29 bits per heavy atom. The summed E-state index contributed by atoms with van der Waals surface area (Å²) in [5.41, 5.74) is 5.10. The summed E-state index contributed by atoms with van der Waals surface area (Å²) in [6.07, 6.45) is 4.86. The summed E-state index contributed by atoms with van der Waals surface area (Å²) >= 11 is 1.23. The van der Waals surface area contributed by atoms with E-state index in [1.54, 1.807) is 23.0 Å². The van der Waals surface area contributed by atoms with Gasteiger partial charge in [0.05, 0.1) is 12.0 Å². The summed E-state index contributed by atoms with van der Waals surface area (Å²) in [5.74, 6) is 0.462. The van der Waals surface area contributed by atoms with Crippen LogP contribution in [0.4, 0.5) is 0 Å². The average Bonchev–Trinajstić information content (AvgIpc) is 2.97. The number of fused-ring (bicyclic) bond motifs is 1. The Kier molecular flexibility index (Phi) is 4.80. The number of hydrogen-bond acceptors (Lipinski definition) is 7. The van der Waals surface area contributed by atoms with Gasteiger partial charge in [0.2, 0.25) is 5.16 Å². The average molecular weight is 341 g/mol. The quantitative estimate of drug-likeness (QED) is 0.428. The lowest BCUT2D eigenvalue weighted by molar-refractivity contribution is -0.118. The van der Waals surface area contributed by atoms with Crippen molar-refractivity contribution in [2.24, 2.45) is 5.10 Å². The Morgan fingerprint density at radius 1 is 1.42 bits per heavy atom. The highest BCUT2D eigenvalue weighted by Gasteiger charge is 2.10. The molecule has 8 nitrogen and oxygen atoms in total. The molecule has 9 heteroatoms. The van der Waals surface area contributed by atoms with Crippen LogP contribution in [0.3, 0.4) is 0 Å². The minimum absolute atomic E-state index is 0.166. The second kappa shape index (κ2) is 7.18. The number of aryl methyl sites for hydroxylation is 2. The number of nitrogens with one attached hydrogen (secondary N) is 1. The maximum Gasteiger partial charge on any atom is 0.253 e. The SMILES string of the molecule is Cc1cc(C)n2nc(SCC(=O)N/N=C\c3cccnc3)nc2n1. The fraction of sp³-hybridized carbons (Fsp3) is 0.200. The van der Waals surface area contributed by atoms with E-state index in [-0.39, 0.29) is 11.7 Å². The molecule has 3 heterocycles. The van der Waals surface area contributed by atoms with Gasteiger partial charge in [0.15, 0.2) is 0 Å².